The highest BCUT2D eigenvalue weighted by molar-refractivity contribution is 6.61. The molecular weight excluding hydrogens is 270 g/mol. The topological polar surface area (TPSA) is 36.3 Å². The zero-order valence-corrected chi connectivity index (χ0v) is 13.3. The Labute approximate surface area is 126 Å². The van der Waals surface area contributed by atoms with Crippen LogP contribution >= 0.6 is 0 Å². The molecule has 1 aliphatic carbocycles. The maximum atomic E-state index is 13.2. The Balaban J connectivity index is 1.66. The largest absolute Gasteiger partial charge is 0.498 e. The van der Waals surface area contributed by atoms with Crippen LogP contribution < -0.4 is 5.46 Å². The SMILES string of the molecule is CC1(C)OB(c2cnn(C[C@H]3CC[C@H](F)C3)c2)OC1(C)C. The molecule has 2 heterocycles. The fourth-order valence-electron chi connectivity index (χ4n) is 3.02. The van der Waals surface area contributed by atoms with Gasteiger partial charge in [-0.25, -0.2) is 4.39 Å². The fraction of sp³-hybridized carbons (Fsp3) is 0.800. The molecule has 116 valence electrons. The van der Waals surface area contributed by atoms with Crippen molar-refractivity contribution in [3.63, 3.8) is 0 Å². The summed E-state index contributed by atoms with van der Waals surface area (Å²) in [6, 6.07) is 0. The van der Waals surface area contributed by atoms with Gasteiger partial charge in [-0.15, -0.1) is 0 Å². The molecule has 6 heteroatoms. The summed E-state index contributed by atoms with van der Waals surface area (Å²) in [6.45, 7) is 8.93. The van der Waals surface area contributed by atoms with E-state index in [0.717, 1.165) is 18.4 Å². The van der Waals surface area contributed by atoms with Crippen LogP contribution in [0.15, 0.2) is 12.4 Å². The molecular formula is C15H24BFN2O2. The van der Waals surface area contributed by atoms with Gasteiger partial charge >= 0.3 is 7.12 Å². The van der Waals surface area contributed by atoms with E-state index >= 15 is 0 Å². The van der Waals surface area contributed by atoms with E-state index in [4.69, 9.17) is 9.31 Å². The van der Waals surface area contributed by atoms with Gasteiger partial charge in [0.25, 0.3) is 0 Å². The van der Waals surface area contributed by atoms with E-state index in [1.165, 1.54) is 0 Å². The van der Waals surface area contributed by atoms with Gasteiger partial charge in [-0.05, 0) is 52.9 Å². The fourth-order valence-corrected chi connectivity index (χ4v) is 3.02. The molecule has 1 saturated carbocycles. The van der Waals surface area contributed by atoms with Crippen LogP contribution in [0.2, 0.25) is 0 Å². The Hall–Kier alpha value is -0.875. The van der Waals surface area contributed by atoms with Crippen molar-refractivity contribution in [1.82, 2.24) is 9.78 Å². The summed E-state index contributed by atoms with van der Waals surface area (Å²) in [5.41, 5.74) is 0.253. The maximum absolute atomic E-state index is 13.2. The molecule has 1 saturated heterocycles. The average molecular weight is 294 g/mol. The highest BCUT2D eigenvalue weighted by Crippen LogP contribution is 2.36. The van der Waals surface area contributed by atoms with Crippen molar-refractivity contribution in [3.8, 4) is 0 Å². The average Bonchev–Trinajstić information content (AvgIpc) is 3.01. The molecule has 0 spiro atoms. The third-order valence-corrected chi connectivity index (χ3v) is 5.10. The standard InChI is InChI=1S/C15H24BFN2O2/c1-14(2)15(3,4)21-16(20-14)12-8-18-19(10-12)9-11-5-6-13(17)7-11/h8,10-11,13H,5-7,9H2,1-4H3/t11-,13-/m0/s1. The zero-order chi connectivity index (χ0) is 15.3. The first-order valence-corrected chi connectivity index (χ1v) is 7.79. The Morgan fingerprint density at radius 1 is 1.29 bits per heavy atom. The summed E-state index contributed by atoms with van der Waals surface area (Å²) in [5.74, 6) is 0.394. The minimum Gasteiger partial charge on any atom is -0.399 e. The van der Waals surface area contributed by atoms with Gasteiger partial charge in [-0.3, -0.25) is 4.68 Å². The third kappa shape index (κ3) is 2.88. The summed E-state index contributed by atoms with van der Waals surface area (Å²) < 4.78 is 27.2. The van der Waals surface area contributed by atoms with Gasteiger partial charge < -0.3 is 9.31 Å². The Morgan fingerprint density at radius 2 is 1.95 bits per heavy atom. The third-order valence-electron chi connectivity index (χ3n) is 5.10. The number of alkyl halides is 1. The van der Waals surface area contributed by atoms with Crippen molar-refractivity contribution in [3.05, 3.63) is 12.4 Å². The second-order valence-electron chi connectivity index (χ2n) is 7.36. The molecule has 0 amide bonds. The highest BCUT2D eigenvalue weighted by atomic mass is 19.1. The molecule has 1 aromatic rings. The van der Waals surface area contributed by atoms with E-state index in [0.29, 0.717) is 18.8 Å². The smallest absolute Gasteiger partial charge is 0.399 e. The molecule has 0 aromatic carbocycles. The van der Waals surface area contributed by atoms with Crippen molar-refractivity contribution < 1.29 is 13.7 Å². The van der Waals surface area contributed by atoms with Crippen LogP contribution in [-0.4, -0.2) is 34.3 Å². The van der Waals surface area contributed by atoms with Crippen molar-refractivity contribution >= 4 is 12.6 Å². The van der Waals surface area contributed by atoms with E-state index in [1.54, 1.807) is 6.20 Å². The van der Waals surface area contributed by atoms with Crippen LogP contribution in [0.4, 0.5) is 4.39 Å². The number of aromatic nitrogens is 2. The number of nitrogens with zero attached hydrogens (tertiary/aromatic N) is 2. The van der Waals surface area contributed by atoms with Gasteiger partial charge in [0, 0.05) is 24.4 Å². The molecule has 0 bridgehead atoms. The summed E-state index contributed by atoms with van der Waals surface area (Å²) >= 11 is 0. The number of hydrogen-bond acceptors (Lipinski definition) is 3. The Kier molecular flexibility index (Phi) is 3.65. The van der Waals surface area contributed by atoms with Crippen LogP contribution in [0.1, 0.15) is 47.0 Å². The molecule has 3 rings (SSSR count). The molecule has 2 fully saturated rings. The van der Waals surface area contributed by atoms with Gasteiger partial charge in [0.05, 0.1) is 11.2 Å². The van der Waals surface area contributed by atoms with Gasteiger partial charge in [0.1, 0.15) is 6.17 Å². The number of halogens is 1. The lowest BCUT2D eigenvalue weighted by Gasteiger charge is -2.32. The first kappa shape index (κ1) is 15.0. The lowest BCUT2D eigenvalue weighted by molar-refractivity contribution is 0.00578. The molecule has 0 N–H and O–H groups in total. The first-order chi connectivity index (χ1) is 9.77. The van der Waals surface area contributed by atoms with Gasteiger partial charge in [-0.1, -0.05) is 0 Å². The lowest BCUT2D eigenvalue weighted by atomic mass is 9.82. The zero-order valence-electron chi connectivity index (χ0n) is 13.3. The number of hydrogen-bond donors (Lipinski definition) is 0. The van der Waals surface area contributed by atoms with Crippen molar-refractivity contribution in [2.75, 3.05) is 0 Å². The van der Waals surface area contributed by atoms with Crippen molar-refractivity contribution in [2.45, 2.75) is 70.9 Å². The van der Waals surface area contributed by atoms with Crippen LogP contribution in [0.3, 0.4) is 0 Å². The minimum absolute atomic E-state index is 0.341. The minimum atomic E-state index is -0.631. The molecule has 4 nitrogen and oxygen atoms in total. The van der Waals surface area contributed by atoms with Crippen molar-refractivity contribution in [1.29, 1.82) is 0 Å². The molecule has 2 aliphatic rings. The molecule has 1 aromatic heterocycles. The van der Waals surface area contributed by atoms with E-state index in [9.17, 15) is 4.39 Å². The Bertz CT molecular complexity index is 502. The van der Waals surface area contributed by atoms with Gasteiger partial charge in [-0.2, -0.15) is 5.10 Å². The van der Waals surface area contributed by atoms with E-state index in [1.807, 2.05) is 38.6 Å². The van der Waals surface area contributed by atoms with E-state index in [-0.39, 0.29) is 18.3 Å². The summed E-state index contributed by atoms with van der Waals surface area (Å²) in [6.07, 6.45) is 5.43. The van der Waals surface area contributed by atoms with E-state index in [2.05, 4.69) is 5.10 Å². The highest BCUT2D eigenvalue weighted by Gasteiger charge is 2.52. The molecule has 0 radical (unpaired) electrons. The van der Waals surface area contributed by atoms with Gasteiger partial charge in [0.15, 0.2) is 0 Å². The predicted molar refractivity (Wildman–Crippen MR) is 80.2 cm³/mol. The molecule has 1 aliphatic heterocycles. The first-order valence-electron chi connectivity index (χ1n) is 7.79. The van der Waals surface area contributed by atoms with Crippen LogP contribution in [0.5, 0.6) is 0 Å². The Morgan fingerprint density at radius 3 is 2.52 bits per heavy atom. The summed E-state index contributed by atoms with van der Waals surface area (Å²) in [7, 11) is -0.374. The molecule has 21 heavy (non-hydrogen) atoms. The van der Waals surface area contributed by atoms with Crippen LogP contribution in [-0.2, 0) is 15.9 Å². The van der Waals surface area contributed by atoms with Crippen molar-refractivity contribution in [2.24, 2.45) is 5.92 Å². The second-order valence-corrected chi connectivity index (χ2v) is 7.36. The second kappa shape index (κ2) is 5.09. The predicted octanol–water partition coefficient (Wildman–Crippen LogP) is 2.32. The summed E-state index contributed by atoms with van der Waals surface area (Å²) in [5, 5.41) is 4.38. The van der Waals surface area contributed by atoms with Gasteiger partial charge in [0.2, 0.25) is 0 Å². The van der Waals surface area contributed by atoms with E-state index < -0.39 is 6.17 Å². The monoisotopic (exact) mass is 294 g/mol. The quantitative estimate of drug-likeness (QED) is 0.803. The molecule has 2 atom stereocenters. The maximum Gasteiger partial charge on any atom is 0.498 e. The normalized spacial score (nSPS) is 31.0. The van der Waals surface area contributed by atoms with Crippen LogP contribution in [0, 0.1) is 5.92 Å². The summed E-state index contributed by atoms with van der Waals surface area (Å²) in [4.78, 5) is 0. The lowest BCUT2D eigenvalue weighted by Crippen LogP contribution is -2.41. The number of rotatable bonds is 3. The molecule has 0 unspecified atom stereocenters. The van der Waals surface area contributed by atoms with Crippen LogP contribution in [0.25, 0.3) is 0 Å².